The van der Waals surface area contributed by atoms with Crippen molar-refractivity contribution in [1.82, 2.24) is 10.5 Å². The quantitative estimate of drug-likeness (QED) is 0.601. The van der Waals surface area contributed by atoms with Crippen molar-refractivity contribution < 1.29 is 9.26 Å². The average molecular weight is 377 g/mol. The molecule has 0 spiro atoms. The molecule has 1 aliphatic heterocycles. The highest BCUT2D eigenvalue weighted by molar-refractivity contribution is 5.68. The molecule has 1 aliphatic rings. The molecule has 0 amide bonds. The lowest BCUT2D eigenvalue weighted by Gasteiger charge is -2.28. The number of hydrogen-bond donors (Lipinski definition) is 1. The van der Waals surface area contributed by atoms with E-state index >= 15 is 0 Å². The molecule has 0 radical (unpaired) electrons. The summed E-state index contributed by atoms with van der Waals surface area (Å²) in [5, 5.41) is 7.98. The Morgan fingerprint density at radius 1 is 1.07 bits per heavy atom. The number of hydrogen-bond acceptors (Lipinski definition) is 5. The second-order valence-corrected chi connectivity index (χ2v) is 7.14. The van der Waals surface area contributed by atoms with E-state index in [1.807, 2.05) is 18.2 Å². The van der Waals surface area contributed by atoms with Crippen LogP contribution >= 0.6 is 0 Å². The summed E-state index contributed by atoms with van der Waals surface area (Å²) in [6.45, 7) is 4.19. The molecule has 146 valence electrons. The molecule has 2 aromatic carbocycles. The molecule has 5 nitrogen and oxygen atoms in total. The molecule has 0 saturated carbocycles. The molecule has 4 rings (SSSR count). The van der Waals surface area contributed by atoms with Crippen molar-refractivity contribution in [2.75, 3.05) is 31.7 Å². The number of nitrogens with one attached hydrogen (secondary N) is 1. The lowest BCUT2D eigenvalue weighted by molar-refractivity contribution is 0.194. The van der Waals surface area contributed by atoms with Gasteiger partial charge in [-0.25, -0.2) is 0 Å². The Hall–Kier alpha value is -2.63. The van der Waals surface area contributed by atoms with Crippen molar-refractivity contribution in [3.63, 3.8) is 0 Å². The molecule has 3 aromatic rings. The monoisotopic (exact) mass is 377 g/mol. The van der Waals surface area contributed by atoms with E-state index < -0.39 is 0 Å². The summed E-state index contributed by atoms with van der Waals surface area (Å²) in [7, 11) is 1.74. The minimum Gasteiger partial charge on any atom is -0.385 e. The van der Waals surface area contributed by atoms with Crippen molar-refractivity contribution >= 4 is 5.88 Å². The van der Waals surface area contributed by atoms with Gasteiger partial charge >= 0.3 is 0 Å². The average Bonchev–Trinajstić information content (AvgIpc) is 3.18. The first-order chi connectivity index (χ1) is 13.9. The second kappa shape index (κ2) is 9.04. The topological polar surface area (TPSA) is 50.5 Å². The maximum absolute atomic E-state index is 5.89. The fourth-order valence-electron chi connectivity index (χ4n) is 3.76. The van der Waals surface area contributed by atoms with Crippen molar-refractivity contribution in [3.8, 4) is 11.3 Å². The number of ether oxygens (including phenoxy) is 1. The lowest BCUT2D eigenvalue weighted by atomic mass is 9.99. The van der Waals surface area contributed by atoms with Crippen LogP contribution in [0.2, 0.25) is 0 Å². The normalized spacial score (nSPS) is 13.5. The zero-order chi connectivity index (χ0) is 19.2. The number of anilines is 1. The van der Waals surface area contributed by atoms with E-state index in [2.05, 4.69) is 51.8 Å². The summed E-state index contributed by atoms with van der Waals surface area (Å²) < 4.78 is 11.0. The van der Waals surface area contributed by atoms with Gasteiger partial charge in [-0.15, -0.1) is 0 Å². The van der Waals surface area contributed by atoms with Crippen LogP contribution in [0.4, 0.5) is 5.88 Å². The van der Waals surface area contributed by atoms with Crippen LogP contribution in [0, 0.1) is 0 Å². The molecule has 0 aliphatic carbocycles. The molecule has 28 heavy (non-hydrogen) atoms. The van der Waals surface area contributed by atoms with E-state index in [4.69, 9.17) is 9.26 Å². The van der Waals surface area contributed by atoms with E-state index in [0.29, 0.717) is 0 Å². The highest BCUT2D eigenvalue weighted by Gasteiger charge is 2.25. The summed E-state index contributed by atoms with van der Waals surface area (Å²) >= 11 is 0. The molecular weight excluding hydrogens is 350 g/mol. The molecule has 0 bridgehead atoms. The van der Waals surface area contributed by atoms with Gasteiger partial charge in [0.25, 0.3) is 0 Å². The molecular formula is C23H27N3O2. The minimum atomic E-state index is 0.727. The maximum Gasteiger partial charge on any atom is 0.232 e. The molecule has 0 atom stereocenters. The SMILES string of the molecule is COCCCNCc1c(-c2ccccc2)noc1N1CCc2ccccc2C1. The van der Waals surface area contributed by atoms with E-state index in [-0.39, 0.29) is 0 Å². The standard InChI is InChI=1S/C23H27N3O2/c1-27-15-7-13-24-16-21-22(19-9-3-2-4-10-19)25-28-23(21)26-14-12-18-8-5-6-11-20(18)17-26/h2-6,8-11,24H,7,12-17H2,1H3. The van der Waals surface area contributed by atoms with E-state index in [1.165, 1.54) is 11.1 Å². The van der Waals surface area contributed by atoms with Crippen LogP contribution in [0.25, 0.3) is 11.3 Å². The number of methoxy groups -OCH3 is 1. The second-order valence-electron chi connectivity index (χ2n) is 7.14. The largest absolute Gasteiger partial charge is 0.385 e. The Morgan fingerprint density at radius 2 is 1.86 bits per heavy atom. The fraction of sp³-hybridized carbons (Fsp3) is 0.348. The molecule has 0 unspecified atom stereocenters. The van der Waals surface area contributed by atoms with Gasteiger partial charge in [-0.3, -0.25) is 0 Å². The van der Waals surface area contributed by atoms with Gasteiger partial charge in [0, 0.05) is 38.9 Å². The Kier molecular flexibility index (Phi) is 6.04. The zero-order valence-corrected chi connectivity index (χ0v) is 16.4. The highest BCUT2D eigenvalue weighted by Crippen LogP contribution is 2.33. The lowest BCUT2D eigenvalue weighted by Crippen LogP contribution is -2.31. The Labute approximate surface area is 166 Å². The third kappa shape index (κ3) is 4.11. The van der Waals surface area contributed by atoms with Crippen LogP contribution in [0.15, 0.2) is 59.1 Å². The van der Waals surface area contributed by atoms with Gasteiger partial charge in [0.2, 0.25) is 5.88 Å². The number of nitrogens with zero attached hydrogens (tertiary/aromatic N) is 2. The first-order valence-electron chi connectivity index (χ1n) is 9.92. The van der Waals surface area contributed by atoms with E-state index in [1.54, 1.807) is 7.11 Å². The first kappa shape index (κ1) is 18.7. The van der Waals surface area contributed by atoms with Gasteiger partial charge in [0.05, 0.1) is 5.56 Å². The minimum absolute atomic E-state index is 0.727. The van der Waals surface area contributed by atoms with Gasteiger partial charge in [-0.2, -0.15) is 0 Å². The first-order valence-corrected chi connectivity index (χ1v) is 9.92. The van der Waals surface area contributed by atoms with Crippen molar-refractivity contribution in [1.29, 1.82) is 0 Å². The Bertz CT molecular complexity index is 892. The predicted octanol–water partition coefficient (Wildman–Crippen LogP) is 4.03. The summed E-state index contributed by atoms with van der Waals surface area (Å²) in [4.78, 5) is 2.31. The summed E-state index contributed by atoms with van der Waals surface area (Å²) in [6.07, 6.45) is 2.01. The third-order valence-corrected chi connectivity index (χ3v) is 5.24. The number of rotatable bonds is 8. The predicted molar refractivity (Wildman–Crippen MR) is 111 cm³/mol. The number of benzene rings is 2. The van der Waals surface area contributed by atoms with Gasteiger partial charge in [-0.05, 0) is 30.5 Å². The van der Waals surface area contributed by atoms with Crippen LogP contribution in [-0.2, 0) is 24.2 Å². The number of fused-ring (bicyclic) bond motifs is 1. The molecule has 1 N–H and O–H groups in total. The third-order valence-electron chi connectivity index (χ3n) is 5.24. The van der Waals surface area contributed by atoms with Crippen molar-refractivity contribution in [2.45, 2.75) is 25.9 Å². The summed E-state index contributed by atoms with van der Waals surface area (Å²) in [5.74, 6) is 0.882. The Balaban J connectivity index is 1.59. The Morgan fingerprint density at radius 3 is 2.68 bits per heavy atom. The summed E-state index contributed by atoms with van der Waals surface area (Å²) in [6, 6.07) is 18.9. The van der Waals surface area contributed by atoms with E-state index in [0.717, 1.165) is 68.3 Å². The number of aromatic nitrogens is 1. The molecule has 1 aromatic heterocycles. The molecule has 0 saturated heterocycles. The van der Waals surface area contributed by atoms with Crippen LogP contribution in [0.1, 0.15) is 23.1 Å². The van der Waals surface area contributed by atoms with Crippen molar-refractivity contribution in [2.24, 2.45) is 0 Å². The smallest absolute Gasteiger partial charge is 0.232 e. The van der Waals surface area contributed by atoms with Crippen LogP contribution in [0.3, 0.4) is 0 Å². The molecule has 5 heteroatoms. The van der Waals surface area contributed by atoms with Crippen molar-refractivity contribution in [3.05, 3.63) is 71.3 Å². The fourth-order valence-corrected chi connectivity index (χ4v) is 3.76. The molecule has 0 fully saturated rings. The van der Waals surface area contributed by atoms with Gasteiger partial charge in [-0.1, -0.05) is 59.8 Å². The highest BCUT2D eigenvalue weighted by atomic mass is 16.5. The van der Waals surface area contributed by atoms with Crippen LogP contribution in [-0.4, -0.2) is 32.0 Å². The van der Waals surface area contributed by atoms with E-state index in [9.17, 15) is 0 Å². The van der Waals surface area contributed by atoms with Crippen LogP contribution < -0.4 is 10.2 Å². The van der Waals surface area contributed by atoms with Gasteiger partial charge < -0.3 is 19.5 Å². The van der Waals surface area contributed by atoms with Crippen LogP contribution in [0.5, 0.6) is 0 Å². The zero-order valence-electron chi connectivity index (χ0n) is 16.4. The summed E-state index contributed by atoms with van der Waals surface area (Å²) in [5.41, 5.74) is 5.94. The van der Waals surface area contributed by atoms with Gasteiger partial charge in [0.1, 0.15) is 5.69 Å². The van der Waals surface area contributed by atoms with Gasteiger partial charge in [0.15, 0.2) is 0 Å². The molecule has 2 heterocycles. The maximum atomic E-state index is 5.89.